The second-order valence-electron chi connectivity index (χ2n) is 8.83. The fourth-order valence-electron chi connectivity index (χ4n) is 4.62. The summed E-state index contributed by atoms with van der Waals surface area (Å²) in [6, 6.07) is 7.77. The average molecular weight is 474 g/mol. The normalized spacial score (nSPS) is 25.1. The lowest BCUT2D eigenvalue weighted by atomic mass is 9.96. The van der Waals surface area contributed by atoms with Crippen LogP contribution in [0.3, 0.4) is 0 Å². The minimum Gasteiger partial charge on any atom is -0.311 e. The first kappa shape index (κ1) is 22.5. The van der Waals surface area contributed by atoms with Crippen LogP contribution in [0, 0.1) is 17.7 Å². The van der Waals surface area contributed by atoms with Gasteiger partial charge in [-0.1, -0.05) is 13.0 Å². The Labute approximate surface area is 193 Å². The van der Waals surface area contributed by atoms with Crippen LogP contribution in [0.4, 0.5) is 17.6 Å². The van der Waals surface area contributed by atoms with E-state index in [1.54, 1.807) is 17.1 Å². The summed E-state index contributed by atoms with van der Waals surface area (Å²) in [5, 5.41) is 9.25. The maximum atomic E-state index is 13.3. The van der Waals surface area contributed by atoms with Crippen molar-refractivity contribution in [3.05, 3.63) is 65.2 Å². The van der Waals surface area contributed by atoms with E-state index in [1.807, 2.05) is 0 Å². The lowest BCUT2D eigenvalue weighted by Crippen LogP contribution is -2.55. The molecule has 1 amide bonds. The van der Waals surface area contributed by atoms with E-state index in [2.05, 4.69) is 27.1 Å². The van der Waals surface area contributed by atoms with Gasteiger partial charge >= 0.3 is 6.18 Å². The van der Waals surface area contributed by atoms with Crippen LogP contribution in [0.1, 0.15) is 23.7 Å². The lowest BCUT2D eigenvalue weighted by Gasteiger charge is -2.31. The number of alkyl halides is 3. The molecule has 34 heavy (non-hydrogen) atoms. The highest BCUT2D eigenvalue weighted by Gasteiger charge is 2.42. The number of nitrogens with zero attached hydrogens (tertiary/aromatic N) is 5. The van der Waals surface area contributed by atoms with Crippen molar-refractivity contribution >= 4 is 17.6 Å². The van der Waals surface area contributed by atoms with E-state index in [-0.39, 0.29) is 30.1 Å². The number of amidine groups is 2. The standard InChI is InChI=1S/C23H22F4N6O/c1-13-10-32(11-14-2-7-19(28-8-14)23(25,26)27)12-17(13)20-30-22(34)18-9-29-21(33(18)31-20)15-3-5-16(24)6-4-15/h2-8,13,17-18H,9-12H2,1H3,(H,30,31,34). The summed E-state index contributed by atoms with van der Waals surface area (Å²) in [4.78, 5) is 22.9. The predicted molar refractivity (Wildman–Crippen MR) is 116 cm³/mol. The number of aliphatic imine (C=N–C) groups is 1. The Morgan fingerprint density at radius 2 is 1.88 bits per heavy atom. The van der Waals surface area contributed by atoms with E-state index < -0.39 is 17.9 Å². The van der Waals surface area contributed by atoms with Gasteiger partial charge in [0, 0.05) is 37.3 Å². The van der Waals surface area contributed by atoms with Crippen LogP contribution in [0.25, 0.3) is 0 Å². The molecule has 0 spiro atoms. The highest BCUT2D eigenvalue weighted by Crippen LogP contribution is 2.30. The topological polar surface area (TPSA) is 73.2 Å². The minimum absolute atomic E-state index is 0.0672. The van der Waals surface area contributed by atoms with E-state index in [9.17, 15) is 22.4 Å². The maximum absolute atomic E-state index is 13.3. The SMILES string of the molecule is CC1CN(Cc2ccc(C(F)(F)F)nc2)CC1C1=NN2C(c3ccc(F)cc3)=NCC2C(=O)N1. The molecule has 3 unspecified atom stereocenters. The number of halogens is 4. The minimum atomic E-state index is -4.47. The molecule has 1 aromatic heterocycles. The molecule has 3 aliphatic rings. The molecule has 1 saturated heterocycles. The van der Waals surface area contributed by atoms with Crippen LogP contribution in [0.2, 0.25) is 0 Å². The Hall–Kier alpha value is -3.34. The monoisotopic (exact) mass is 474 g/mol. The average Bonchev–Trinajstić information content (AvgIpc) is 3.38. The first-order valence-corrected chi connectivity index (χ1v) is 10.9. The number of benzene rings is 1. The number of hydrazone groups is 1. The van der Waals surface area contributed by atoms with Crippen molar-refractivity contribution in [2.24, 2.45) is 21.9 Å². The van der Waals surface area contributed by atoms with Crippen LogP contribution < -0.4 is 5.32 Å². The van der Waals surface area contributed by atoms with Crippen molar-refractivity contribution in [3.63, 3.8) is 0 Å². The van der Waals surface area contributed by atoms with Gasteiger partial charge in [-0.05, 0) is 41.8 Å². The van der Waals surface area contributed by atoms with E-state index >= 15 is 0 Å². The van der Waals surface area contributed by atoms with Gasteiger partial charge in [-0.2, -0.15) is 18.3 Å². The van der Waals surface area contributed by atoms with Gasteiger partial charge < -0.3 is 5.32 Å². The van der Waals surface area contributed by atoms with Gasteiger partial charge in [0.15, 0.2) is 11.9 Å². The van der Waals surface area contributed by atoms with E-state index in [0.717, 1.165) is 6.07 Å². The molecule has 2 aromatic rings. The second kappa shape index (κ2) is 8.46. The summed E-state index contributed by atoms with van der Waals surface area (Å²) in [6.07, 6.45) is -3.21. The highest BCUT2D eigenvalue weighted by atomic mass is 19.4. The van der Waals surface area contributed by atoms with E-state index in [0.29, 0.717) is 42.4 Å². The number of hydrogen-bond acceptors (Lipinski definition) is 6. The van der Waals surface area contributed by atoms with Crippen LogP contribution in [0.5, 0.6) is 0 Å². The van der Waals surface area contributed by atoms with Gasteiger partial charge in [0.2, 0.25) is 0 Å². The third-order valence-corrected chi connectivity index (χ3v) is 6.36. The molecule has 0 aliphatic carbocycles. The summed E-state index contributed by atoms with van der Waals surface area (Å²) in [5.74, 6) is 0.606. The Morgan fingerprint density at radius 3 is 2.56 bits per heavy atom. The molecule has 11 heteroatoms. The van der Waals surface area contributed by atoms with Crippen molar-refractivity contribution in [1.29, 1.82) is 0 Å². The molecule has 1 N–H and O–H groups in total. The van der Waals surface area contributed by atoms with Crippen molar-refractivity contribution < 1.29 is 22.4 Å². The molecule has 3 atom stereocenters. The Balaban J connectivity index is 1.31. The van der Waals surface area contributed by atoms with Gasteiger partial charge in [0.25, 0.3) is 5.91 Å². The molecule has 0 bridgehead atoms. The summed E-state index contributed by atoms with van der Waals surface area (Å²) in [5.41, 5.74) is 0.445. The van der Waals surface area contributed by atoms with Gasteiger partial charge in [-0.3, -0.25) is 19.7 Å². The number of likely N-dealkylation sites (tertiary alicyclic amines) is 1. The fraction of sp³-hybridized carbons (Fsp3) is 0.391. The van der Waals surface area contributed by atoms with Crippen LogP contribution in [-0.2, 0) is 17.5 Å². The van der Waals surface area contributed by atoms with Crippen molar-refractivity contribution in [3.8, 4) is 0 Å². The Morgan fingerprint density at radius 1 is 1.12 bits per heavy atom. The van der Waals surface area contributed by atoms with Gasteiger partial charge in [-0.25, -0.2) is 9.40 Å². The Bertz CT molecular complexity index is 1150. The summed E-state index contributed by atoms with van der Waals surface area (Å²) >= 11 is 0. The zero-order valence-electron chi connectivity index (χ0n) is 18.3. The van der Waals surface area contributed by atoms with Crippen LogP contribution in [-0.4, -0.2) is 58.1 Å². The molecule has 178 valence electrons. The van der Waals surface area contributed by atoms with Crippen LogP contribution in [0.15, 0.2) is 52.7 Å². The van der Waals surface area contributed by atoms with Crippen LogP contribution >= 0.6 is 0 Å². The fourth-order valence-corrected chi connectivity index (χ4v) is 4.62. The van der Waals surface area contributed by atoms with Gasteiger partial charge in [0.05, 0.1) is 6.54 Å². The number of rotatable bonds is 4. The first-order chi connectivity index (χ1) is 16.2. The van der Waals surface area contributed by atoms with Gasteiger partial charge in [0.1, 0.15) is 17.3 Å². The predicted octanol–water partition coefficient (Wildman–Crippen LogP) is 2.88. The summed E-state index contributed by atoms with van der Waals surface area (Å²) < 4.78 is 51.6. The number of carbonyl (C=O) groups is 1. The summed E-state index contributed by atoms with van der Waals surface area (Å²) in [6.45, 7) is 4.05. The van der Waals surface area contributed by atoms with Crippen molar-refractivity contribution in [2.45, 2.75) is 25.7 Å². The number of nitrogens with one attached hydrogen (secondary N) is 1. The molecule has 1 fully saturated rings. The number of aromatic nitrogens is 1. The number of amides is 1. The molecule has 7 nitrogen and oxygen atoms in total. The zero-order chi connectivity index (χ0) is 24.0. The first-order valence-electron chi connectivity index (χ1n) is 10.9. The third kappa shape index (κ3) is 4.27. The zero-order valence-corrected chi connectivity index (χ0v) is 18.3. The number of hydrogen-bond donors (Lipinski definition) is 1. The molecule has 5 rings (SSSR count). The Kier molecular flexibility index (Phi) is 5.59. The third-order valence-electron chi connectivity index (χ3n) is 6.36. The smallest absolute Gasteiger partial charge is 0.311 e. The quantitative estimate of drug-likeness (QED) is 0.692. The van der Waals surface area contributed by atoms with Crippen molar-refractivity contribution in [2.75, 3.05) is 19.6 Å². The molecular formula is C23H22F4N6O. The largest absolute Gasteiger partial charge is 0.433 e. The summed E-state index contributed by atoms with van der Waals surface area (Å²) in [7, 11) is 0. The molecule has 0 saturated carbocycles. The molecule has 0 radical (unpaired) electrons. The maximum Gasteiger partial charge on any atom is 0.433 e. The number of fused-ring (bicyclic) bond motifs is 1. The van der Waals surface area contributed by atoms with E-state index in [4.69, 9.17) is 5.10 Å². The molecule has 3 aliphatic heterocycles. The lowest BCUT2D eigenvalue weighted by molar-refractivity contribution is -0.141. The molecule has 4 heterocycles. The highest BCUT2D eigenvalue weighted by molar-refractivity contribution is 6.10. The van der Waals surface area contributed by atoms with Crippen molar-refractivity contribution in [1.82, 2.24) is 20.2 Å². The number of carbonyl (C=O) groups excluding carboxylic acids is 1. The van der Waals surface area contributed by atoms with Gasteiger partial charge in [-0.15, -0.1) is 0 Å². The van der Waals surface area contributed by atoms with E-state index in [1.165, 1.54) is 24.4 Å². The molecule has 1 aromatic carbocycles. The molecular weight excluding hydrogens is 452 g/mol. The number of pyridine rings is 1. The second-order valence-corrected chi connectivity index (χ2v) is 8.83.